The van der Waals surface area contributed by atoms with E-state index in [-0.39, 0.29) is 5.91 Å². The molecule has 3 fully saturated rings. The predicted molar refractivity (Wildman–Crippen MR) is 107 cm³/mol. The van der Waals surface area contributed by atoms with E-state index < -0.39 is 0 Å². The van der Waals surface area contributed by atoms with E-state index in [0.29, 0.717) is 12.0 Å². The number of nitrogens with zero attached hydrogens (tertiary/aromatic N) is 4. The molecule has 0 unspecified atom stereocenters. The molecular weight excluding hydrogens is 336 g/mol. The molecule has 144 valence electrons. The molecule has 0 spiro atoms. The van der Waals surface area contributed by atoms with Crippen molar-refractivity contribution in [2.24, 2.45) is 5.92 Å². The van der Waals surface area contributed by atoms with Gasteiger partial charge in [-0.05, 0) is 56.7 Å². The van der Waals surface area contributed by atoms with Crippen molar-refractivity contribution in [3.63, 3.8) is 0 Å². The van der Waals surface area contributed by atoms with E-state index >= 15 is 0 Å². The summed E-state index contributed by atoms with van der Waals surface area (Å²) >= 11 is 0. The fourth-order valence-electron chi connectivity index (χ4n) is 4.68. The van der Waals surface area contributed by atoms with E-state index in [4.69, 9.17) is 0 Å². The summed E-state index contributed by atoms with van der Waals surface area (Å²) in [5.41, 5.74) is 2.15. The summed E-state index contributed by atoms with van der Waals surface area (Å²) in [6.45, 7) is 6.93. The Balaban J connectivity index is 1.38. The fourth-order valence-corrected chi connectivity index (χ4v) is 4.68. The lowest BCUT2D eigenvalue weighted by molar-refractivity contribution is 0.0572. The minimum atomic E-state index is 0.162. The fraction of sp³-hybridized carbons (Fsp3) is 0.545. The maximum Gasteiger partial charge on any atom is 0.272 e. The molecule has 0 N–H and O–H groups in total. The Morgan fingerprint density at radius 1 is 1.11 bits per heavy atom. The summed E-state index contributed by atoms with van der Waals surface area (Å²) in [6, 6.07) is 12.9. The number of carbonyl (C=O) groups is 1. The lowest BCUT2D eigenvalue weighted by atomic mass is 9.94. The Morgan fingerprint density at radius 3 is 2.78 bits per heavy atom. The minimum absolute atomic E-state index is 0.162. The lowest BCUT2D eigenvalue weighted by Crippen LogP contribution is -2.48. The van der Waals surface area contributed by atoms with Gasteiger partial charge in [0.05, 0.1) is 0 Å². The van der Waals surface area contributed by atoms with Crippen molar-refractivity contribution in [2.75, 3.05) is 26.2 Å². The molecule has 5 nitrogen and oxygen atoms in total. The molecule has 1 aromatic carbocycles. The van der Waals surface area contributed by atoms with Crippen molar-refractivity contribution >= 4 is 5.91 Å². The van der Waals surface area contributed by atoms with Crippen LogP contribution in [0.15, 0.2) is 42.6 Å². The Morgan fingerprint density at radius 2 is 1.96 bits per heavy atom. The van der Waals surface area contributed by atoms with Gasteiger partial charge in [-0.3, -0.25) is 9.48 Å². The van der Waals surface area contributed by atoms with E-state index in [0.717, 1.165) is 51.3 Å². The van der Waals surface area contributed by atoms with E-state index in [9.17, 15) is 4.79 Å². The molecular formula is C22H30N4O. The number of carbonyl (C=O) groups excluding carboxylic acids is 1. The van der Waals surface area contributed by atoms with Crippen molar-refractivity contribution < 1.29 is 4.79 Å². The van der Waals surface area contributed by atoms with Crippen LogP contribution in [0, 0.1) is 5.92 Å². The molecule has 27 heavy (non-hydrogen) atoms. The third-order valence-electron chi connectivity index (χ3n) is 6.07. The van der Waals surface area contributed by atoms with Crippen LogP contribution in [-0.2, 0) is 13.0 Å². The highest BCUT2D eigenvalue weighted by Crippen LogP contribution is 2.29. The molecule has 2 atom stereocenters. The van der Waals surface area contributed by atoms with Gasteiger partial charge in [-0.2, -0.15) is 5.10 Å². The zero-order valence-electron chi connectivity index (χ0n) is 16.3. The molecule has 5 heteroatoms. The van der Waals surface area contributed by atoms with Gasteiger partial charge >= 0.3 is 0 Å². The standard InChI is InChI=1S/C22H30N4O/c1-2-26-21(12-13-23-26)22(27)25-16-19-10-11-20(25)17-24(15-19)14-6-9-18-7-4-3-5-8-18/h3-5,7-8,12-13,19-20H,2,6,9-11,14-17H2,1H3/t19-,20+/m0/s1. The van der Waals surface area contributed by atoms with Gasteiger partial charge in [0.1, 0.15) is 5.69 Å². The Labute approximate surface area is 162 Å². The number of rotatable bonds is 6. The number of hydrogen-bond donors (Lipinski definition) is 0. The molecule has 1 amide bonds. The first-order valence-corrected chi connectivity index (χ1v) is 10.3. The quantitative estimate of drug-likeness (QED) is 0.789. The number of fused-ring (bicyclic) bond motifs is 4. The third kappa shape index (κ3) is 4.08. The maximum absolute atomic E-state index is 13.1. The average Bonchev–Trinajstić information content (AvgIpc) is 3.01. The summed E-state index contributed by atoms with van der Waals surface area (Å²) in [6.07, 6.45) is 6.43. The normalized spacial score (nSPS) is 22.8. The Hall–Kier alpha value is -2.14. The zero-order chi connectivity index (χ0) is 18.6. The van der Waals surface area contributed by atoms with Crippen LogP contribution >= 0.6 is 0 Å². The Kier molecular flexibility index (Phi) is 5.58. The van der Waals surface area contributed by atoms with Crippen molar-refractivity contribution in [2.45, 2.75) is 45.2 Å². The highest BCUT2D eigenvalue weighted by Gasteiger charge is 2.37. The molecule has 0 aliphatic carbocycles. The highest BCUT2D eigenvalue weighted by atomic mass is 16.2. The molecule has 4 heterocycles. The van der Waals surface area contributed by atoms with Gasteiger partial charge in [0.25, 0.3) is 5.91 Å². The SMILES string of the molecule is CCn1nccc1C(=O)N1C[C@H]2CC[C@@H]1CN(CCCc1ccccc1)C2. The second-order valence-electron chi connectivity index (χ2n) is 7.94. The summed E-state index contributed by atoms with van der Waals surface area (Å²) in [5.74, 6) is 0.762. The van der Waals surface area contributed by atoms with Gasteiger partial charge in [-0.25, -0.2) is 0 Å². The minimum Gasteiger partial charge on any atom is -0.333 e. The van der Waals surface area contributed by atoms with Crippen LogP contribution in [0.3, 0.4) is 0 Å². The molecule has 3 aliphatic rings. The van der Waals surface area contributed by atoms with Gasteiger partial charge < -0.3 is 9.80 Å². The summed E-state index contributed by atoms with van der Waals surface area (Å²) in [7, 11) is 0. The van der Waals surface area contributed by atoms with E-state index in [1.807, 2.05) is 17.7 Å². The average molecular weight is 367 g/mol. The van der Waals surface area contributed by atoms with Crippen molar-refractivity contribution in [3.8, 4) is 0 Å². The monoisotopic (exact) mass is 366 g/mol. The molecule has 3 saturated heterocycles. The second kappa shape index (κ2) is 8.26. The number of piperidine rings is 1. The van der Waals surface area contributed by atoms with Gasteiger partial charge in [-0.1, -0.05) is 30.3 Å². The molecule has 1 aromatic heterocycles. The van der Waals surface area contributed by atoms with Gasteiger partial charge in [0.2, 0.25) is 0 Å². The van der Waals surface area contributed by atoms with Crippen LogP contribution in [0.25, 0.3) is 0 Å². The van der Waals surface area contributed by atoms with Crippen molar-refractivity contribution in [1.82, 2.24) is 19.6 Å². The number of hydrogen-bond acceptors (Lipinski definition) is 3. The molecule has 5 rings (SSSR count). The first-order valence-electron chi connectivity index (χ1n) is 10.3. The smallest absolute Gasteiger partial charge is 0.272 e. The van der Waals surface area contributed by atoms with Gasteiger partial charge in [0.15, 0.2) is 0 Å². The van der Waals surface area contributed by atoms with Crippen LogP contribution < -0.4 is 0 Å². The van der Waals surface area contributed by atoms with E-state index in [1.54, 1.807) is 6.20 Å². The molecule has 3 aliphatic heterocycles. The van der Waals surface area contributed by atoms with Crippen LogP contribution in [0.4, 0.5) is 0 Å². The first kappa shape index (κ1) is 18.2. The molecule has 2 aromatic rings. The van der Waals surface area contributed by atoms with Gasteiger partial charge in [-0.15, -0.1) is 0 Å². The largest absolute Gasteiger partial charge is 0.333 e. The number of aryl methyl sites for hydroxylation is 2. The van der Waals surface area contributed by atoms with Crippen LogP contribution in [0.2, 0.25) is 0 Å². The molecule has 2 bridgehead atoms. The first-order chi connectivity index (χ1) is 13.2. The second-order valence-corrected chi connectivity index (χ2v) is 7.94. The van der Waals surface area contributed by atoms with Gasteiger partial charge in [0, 0.05) is 38.4 Å². The number of aromatic nitrogens is 2. The molecule has 0 saturated carbocycles. The number of benzene rings is 1. The van der Waals surface area contributed by atoms with E-state index in [1.165, 1.54) is 18.4 Å². The van der Waals surface area contributed by atoms with Crippen LogP contribution in [-0.4, -0.2) is 57.7 Å². The predicted octanol–water partition coefficient (Wildman–Crippen LogP) is 3.07. The molecule has 0 radical (unpaired) electrons. The third-order valence-corrected chi connectivity index (χ3v) is 6.07. The lowest BCUT2D eigenvalue weighted by Gasteiger charge is -2.36. The van der Waals surface area contributed by atoms with E-state index in [2.05, 4.69) is 45.2 Å². The summed E-state index contributed by atoms with van der Waals surface area (Å²) in [5, 5.41) is 4.28. The number of amides is 1. The Bertz CT molecular complexity index is 757. The van der Waals surface area contributed by atoms with Crippen molar-refractivity contribution in [3.05, 3.63) is 53.9 Å². The van der Waals surface area contributed by atoms with Crippen molar-refractivity contribution in [1.29, 1.82) is 0 Å². The maximum atomic E-state index is 13.1. The topological polar surface area (TPSA) is 41.4 Å². The van der Waals surface area contributed by atoms with Crippen LogP contribution in [0.5, 0.6) is 0 Å². The zero-order valence-corrected chi connectivity index (χ0v) is 16.3. The highest BCUT2D eigenvalue weighted by molar-refractivity contribution is 5.92. The van der Waals surface area contributed by atoms with Crippen LogP contribution in [0.1, 0.15) is 42.2 Å². The summed E-state index contributed by atoms with van der Waals surface area (Å²) < 4.78 is 1.82. The summed E-state index contributed by atoms with van der Waals surface area (Å²) in [4.78, 5) is 17.9.